The van der Waals surface area contributed by atoms with Crippen LogP contribution in [0.15, 0.2) is 0 Å². The molecule has 0 aliphatic carbocycles. The Morgan fingerprint density at radius 1 is 1.32 bits per heavy atom. The first-order valence-electron chi connectivity index (χ1n) is 8.33. The first-order valence-corrected chi connectivity index (χ1v) is 8.33. The van der Waals surface area contributed by atoms with E-state index in [1.807, 2.05) is 18.7 Å². The maximum Gasteiger partial charge on any atom is 0.318 e. The van der Waals surface area contributed by atoms with Crippen LogP contribution in [0, 0.1) is 13.8 Å². The van der Waals surface area contributed by atoms with Gasteiger partial charge in [-0.2, -0.15) is 5.10 Å². The molecule has 2 aliphatic heterocycles. The lowest BCUT2D eigenvalue weighted by Gasteiger charge is -2.31. The highest BCUT2D eigenvalue weighted by Gasteiger charge is 2.31. The Balaban J connectivity index is 1.79. The summed E-state index contributed by atoms with van der Waals surface area (Å²) < 4.78 is 5.36. The van der Waals surface area contributed by atoms with E-state index in [4.69, 9.17) is 4.74 Å². The van der Waals surface area contributed by atoms with E-state index in [1.54, 1.807) is 0 Å². The van der Waals surface area contributed by atoms with Crippen molar-refractivity contribution in [3.05, 3.63) is 17.0 Å². The Labute approximate surface area is 131 Å². The van der Waals surface area contributed by atoms with E-state index in [0.717, 1.165) is 50.2 Å². The summed E-state index contributed by atoms with van der Waals surface area (Å²) in [5.74, 6) is 0. The zero-order valence-electron chi connectivity index (χ0n) is 13.5. The van der Waals surface area contributed by atoms with E-state index in [0.29, 0.717) is 6.61 Å². The minimum atomic E-state index is 0.0439. The topological polar surface area (TPSA) is 70.2 Å². The number of nitrogens with zero attached hydrogens (tertiary/aromatic N) is 2. The average molecular weight is 306 g/mol. The van der Waals surface area contributed by atoms with Crippen molar-refractivity contribution >= 4 is 6.03 Å². The first-order chi connectivity index (χ1) is 10.7. The number of carbonyl (C=O) groups excluding carboxylic acids is 1. The highest BCUT2D eigenvalue weighted by Crippen LogP contribution is 2.33. The van der Waals surface area contributed by atoms with E-state index >= 15 is 0 Å². The molecule has 2 amide bonds. The van der Waals surface area contributed by atoms with Crippen molar-refractivity contribution in [2.24, 2.45) is 0 Å². The number of likely N-dealkylation sites (tertiary alicyclic amines) is 1. The van der Waals surface area contributed by atoms with Crippen LogP contribution in [0.4, 0.5) is 4.79 Å². The highest BCUT2D eigenvalue weighted by molar-refractivity contribution is 5.75. The molecular weight excluding hydrogens is 280 g/mol. The van der Waals surface area contributed by atoms with Crippen LogP contribution in [-0.4, -0.2) is 46.9 Å². The van der Waals surface area contributed by atoms with Crippen molar-refractivity contribution in [2.45, 2.75) is 58.0 Å². The number of urea groups is 1. The minimum absolute atomic E-state index is 0.0439. The van der Waals surface area contributed by atoms with E-state index < -0.39 is 0 Å². The highest BCUT2D eigenvalue weighted by atomic mass is 16.5. The summed E-state index contributed by atoms with van der Waals surface area (Å²) in [6, 6.07) is 0.328. The van der Waals surface area contributed by atoms with Crippen LogP contribution in [0.1, 0.15) is 55.1 Å². The Morgan fingerprint density at radius 3 is 2.86 bits per heavy atom. The van der Waals surface area contributed by atoms with Gasteiger partial charge in [0.25, 0.3) is 0 Å². The van der Waals surface area contributed by atoms with Crippen LogP contribution >= 0.6 is 0 Å². The van der Waals surface area contributed by atoms with Crippen LogP contribution in [0.5, 0.6) is 0 Å². The summed E-state index contributed by atoms with van der Waals surface area (Å²) in [5.41, 5.74) is 3.28. The number of aromatic nitrogens is 2. The van der Waals surface area contributed by atoms with Gasteiger partial charge in [0.15, 0.2) is 0 Å². The van der Waals surface area contributed by atoms with Crippen molar-refractivity contribution in [1.29, 1.82) is 0 Å². The van der Waals surface area contributed by atoms with Crippen LogP contribution < -0.4 is 5.32 Å². The molecule has 3 rings (SSSR count). The maximum atomic E-state index is 12.8. The summed E-state index contributed by atoms with van der Waals surface area (Å²) in [6.07, 6.45) is 5.33. The van der Waals surface area contributed by atoms with E-state index in [-0.39, 0.29) is 18.1 Å². The summed E-state index contributed by atoms with van der Waals surface area (Å²) in [7, 11) is 0. The molecule has 3 heterocycles. The number of aryl methyl sites for hydroxylation is 2. The van der Waals surface area contributed by atoms with Crippen molar-refractivity contribution < 1.29 is 9.53 Å². The van der Waals surface area contributed by atoms with Crippen molar-refractivity contribution in [3.8, 4) is 0 Å². The number of H-pyrrole nitrogens is 1. The van der Waals surface area contributed by atoms with Crippen molar-refractivity contribution in [1.82, 2.24) is 20.4 Å². The third-order valence-electron chi connectivity index (χ3n) is 4.79. The first kappa shape index (κ1) is 15.3. The standard InChI is InChI=1S/C16H26N4O2/c1-11-15(12(2)19-18-11)14-6-4-3-5-8-20(14)16(21)17-13-7-9-22-10-13/h13-14H,3-10H2,1-2H3,(H,17,21)(H,18,19)/t13-,14+/m0/s1. The number of hydrogen-bond acceptors (Lipinski definition) is 3. The lowest BCUT2D eigenvalue weighted by Crippen LogP contribution is -2.46. The van der Waals surface area contributed by atoms with Crippen LogP contribution in [0.2, 0.25) is 0 Å². The minimum Gasteiger partial charge on any atom is -0.379 e. The quantitative estimate of drug-likeness (QED) is 0.881. The summed E-state index contributed by atoms with van der Waals surface area (Å²) in [5, 5.41) is 10.5. The number of ether oxygens (including phenoxy) is 1. The average Bonchev–Trinajstić information content (AvgIpc) is 3.03. The molecule has 122 valence electrons. The normalized spacial score (nSPS) is 26.0. The van der Waals surface area contributed by atoms with E-state index in [1.165, 1.54) is 12.0 Å². The summed E-state index contributed by atoms with van der Waals surface area (Å²) >= 11 is 0. The molecule has 22 heavy (non-hydrogen) atoms. The Hall–Kier alpha value is -1.56. The second-order valence-electron chi connectivity index (χ2n) is 6.42. The fourth-order valence-electron chi connectivity index (χ4n) is 3.61. The number of nitrogens with one attached hydrogen (secondary N) is 2. The van der Waals surface area contributed by atoms with Crippen molar-refractivity contribution in [3.63, 3.8) is 0 Å². The van der Waals surface area contributed by atoms with Gasteiger partial charge in [0.05, 0.1) is 24.4 Å². The molecule has 1 aromatic rings. The Morgan fingerprint density at radius 2 is 2.18 bits per heavy atom. The number of amides is 2. The molecule has 0 bridgehead atoms. The molecule has 2 N–H and O–H groups in total. The van der Waals surface area contributed by atoms with Gasteiger partial charge in [0.1, 0.15) is 0 Å². The molecule has 2 aliphatic rings. The summed E-state index contributed by atoms with van der Waals surface area (Å²) in [4.78, 5) is 14.8. The largest absolute Gasteiger partial charge is 0.379 e. The molecule has 6 heteroatoms. The van der Waals surface area contributed by atoms with Gasteiger partial charge in [-0.15, -0.1) is 0 Å². The van der Waals surface area contributed by atoms with Gasteiger partial charge >= 0.3 is 6.03 Å². The van der Waals surface area contributed by atoms with Gasteiger partial charge in [-0.1, -0.05) is 12.8 Å². The SMILES string of the molecule is Cc1n[nH]c(C)c1[C@H]1CCCCCN1C(=O)N[C@H]1CCOC1. The van der Waals surface area contributed by atoms with Gasteiger partial charge in [-0.25, -0.2) is 4.79 Å². The number of hydrogen-bond donors (Lipinski definition) is 2. The lowest BCUT2D eigenvalue weighted by atomic mass is 9.99. The Kier molecular flexibility index (Phi) is 4.66. The van der Waals surface area contributed by atoms with Crippen molar-refractivity contribution in [2.75, 3.05) is 19.8 Å². The second-order valence-corrected chi connectivity index (χ2v) is 6.42. The van der Waals surface area contributed by atoms with E-state index in [2.05, 4.69) is 15.5 Å². The van der Waals surface area contributed by atoms with Gasteiger partial charge in [0, 0.05) is 24.4 Å². The van der Waals surface area contributed by atoms with Gasteiger partial charge in [-0.3, -0.25) is 5.10 Å². The molecular formula is C16H26N4O2. The fraction of sp³-hybridized carbons (Fsp3) is 0.750. The molecule has 1 aromatic heterocycles. The second kappa shape index (κ2) is 6.69. The van der Waals surface area contributed by atoms with Crippen LogP contribution in [0.25, 0.3) is 0 Å². The maximum absolute atomic E-state index is 12.8. The van der Waals surface area contributed by atoms with Gasteiger partial charge in [-0.05, 0) is 33.1 Å². The predicted octanol–water partition coefficient (Wildman–Crippen LogP) is 2.44. The number of rotatable bonds is 2. The summed E-state index contributed by atoms with van der Waals surface area (Å²) in [6.45, 7) is 6.25. The molecule has 0 unspecified atom stereocenters. The number of aromatic amines is 1. The Bertz CT molecular complexity index is 503. The third kappa shape index (κ3) is 3.11. The molecule has 2 fully saturated rings. The van der Waals surface area contributed by atoms with Gasteiger partial charge in [0.2, 0.25) is 0 Å². The lowest BCUT2D eigenvalue weighted by molar-refractivity contribution is 0.164. The van der Waals surface area contributed by atoms with Gasteiger partial charge < -0.3 is 15.0 Å². The molecule has 6 nitrogen and oxygen atoms in total. The zero-order chi connectivity index (χ0) is 15.5. The third-order valence-corrected chi connectivity index (χ3v) is 4.79. The molecule has 2 atom stereocenters. The molecule has 0 spiro atoms. The van der Waals surface area contributed by atoms with Crippen LogP contribution in [-0.2, 0) is 4.74 Å². The zero-order valence-corrected chi connectivity index (χ0v) is 13.5. The van der Waals surface area contributed by atoms with Crippen LogP contribution in [0.3, 0.4) is 0 Å². The molecule has 2 saturated heterocycles. The monoisotopic (exact) mass is 306 g/mol. The smallest absolute Gasteiger partial charge is 0.318 e. The predicted molar refractivity (Wildman–Crippen MR) is 83.7 cm³/mol. The van der Waals surface area contributed by atoms with E-state index in [9.17, 15) is 4.79 Å². The molecule has 0 aromatic carbocycles. The number of carbonyl (C=O) groups is 1. The fourth-order valence-corrected chi connectivity index (χ4v) is 3.61. The molecule has 0 saturated carbocycles. The molecule has 0 radical (unpaired) electrons.